The highest BCUT2D eigenvalue weighted by Crippen LogP contribution is 2.21. The first-order chi connectivity index (χ1) is 10.4. The molecule has 0 atom stereocenters. The van der Waals surface area contributed by atoms with Crippen LogP contribution in [0.2, 0.25) is 5.02 Å². The molecule has 0 aliphatic carbocycles. The molecule has 2 rings (SSSR count). The maximum atomic E-state index is 12.0. The van der Waals surface area contributed by atoms with Crippen molar-refractivity contribution in [2.45, 2.75) is 0 Å². The summed E-state index contributed by atoms with van der Waals surface area (Å²) in [6, 6.07) is 11.3. The molecule has 116 valence electrons. The predicted octanol–water partition coefficient (Wildman–Crippen LogP) is 2.14. The Morgan fingerprint density at radius 3 is 2.64 bits per heavy atom. The Bertz CT molecular complexity index is 766. The number of carbonyl (C=O) groups is 1. The van der Waals surface area contributed by atoms with Crippen molar-refractivity contribution < 1.29 is 13.2 Å². The van der Waals surface area contributed by atoms with Gasteiger partial charge in [-0.25, -0.2) is 13.4 Å². The number of pyridine rings is 1. The van der Waals surface area contributed by atoms with Crippen molar-refractivity contribution in [1.29, 1.82) is 0 Å². The minimum absolute atomic E-state index is 0.325. The molecule has 1 amide bonds. The lowest BCUT2D eigenvalue weighted by molar-refractivity contribution is -0.114. The van der Waals surface area contributed by atoms with Gasteiger partial charge in [0.25, 0.3) is 0 Å². The summed E-state index contributed by atoms with van der Waals surface area (Å²) in [5.41, 5.74) is 0.325. The fraction of sp³-hybridized carbons (Fsp3) is 0.143. The van der Waals surface area contributed by atoms with E-state index in [-0.39, 0.29) is 6.54 Å². The minimum atomic E-state index is -3.63. The molecule has 22 heavy (non-hydrogen) atoms. The van der Waals surface area contributed by atoms with Crippen LogP contribution in [-0.4, -0.2) is 32.1 Å². The number of hydrogen-bond donors (Lipinski definition) is 1. The van der Waals surface area contributed by atoms with Crippen LogP contribution in [0, 0.1) is 0 Å². The summed E-state index contributed by atoms with van der Waals surface area (Å²) in [5, 5.41) is 2.93. The van der Waals surface area contributed by atoms with Crippen LogP contribution < -0.4 is 9.62 Å². The summed E-state index contributed by atoms with van der Waals surface area (Å²) in [6.45, 7) is -0.365. The van der Waals surface area contributed by atoms with Gasteiger partial charge in [0.1, 0.15) is 12.4 Å². The number of hydrogen-bond acceptors (Lipinski definition) is 4. The number of anilines is 2. The van der Waals surface area contributed by atoms with Crippen LogP contribution >= 0.6 is 11.6 Å². The summed E-state index contributed by atoms with van der Waals surface area (Å²) < 4.78 is 24.8. The first kappa shape index (κ1) is 16.3. The van der Waals surface area contributed by atoms with Crippen LogP contribution in [0.4, 0.5) is 11.5 Å². The highest BCUT2D eigenvalue weighted by Gasteiger charge is 2.21. The highest BCUT2D eigenvalue weighted by atomic mass is 35.5. The van der Waals surface area contributed by atoms with Gasteiger partial charge in [-0.3, -0.25) is 9.10 Å². The van der Waals surface area contributed by atoms with Crippen molar-refractivity contribution in [3.63, 3.8) is 0 Å². The summed E-state index contributed by atoms with van der Waals surface area (Å²) in [7, 11) is -3.63. The van der Waals surface area contributed by atoms with Gasteiger partial charge in [-0.1, -0.05) is 23.7 Å². The normalized spacial score (nSPS) is 11.0. The van der Waals surface area contributed by atoms with Crippen LogP contribution in [0.3, 0.4) is 0 Å². The fourth-order valence-electron chi connectivity index (χ4n) is 1.78. The molecule has 6 nitrogen and oxygen atoms in total. The lowest BCUT2D eigenvalue weighted by Gasteiger charge is -2.21. The summed E-state index contributed by atoms with van der Waals surface area (Å²) in [6.07, 6.45) is 2.56. The quantitative estimate of drug-likeness (QED) is 0.905. The van der Waals surface area contributed by atoms with Gasteiger partial charge in [-0.05, 0) is 30.3 Å². The van der Waals surface area contributed by atoms with Crippen LogP contribution in [0.1, 0.15) is 0 Å². The maximum absolute atomic E-state index is 12.0. The number of benzene rings is 1. The van der Waals surface area contributed by atoms with Gasteiger partial charge in [0.05, 0.1) is 11.9 Å². The molecule has 1 aromatic heterocycles. The van der Waals surface area contributed by atoms with Gasteiger partial charge >= 0.3 is 0 Å². The first-order valence-corrected chi connectivity index (χ1v) is 8.53. The Kier molecular flexibility index (Phi) is 4.99. The van der Waals surface area contributed by atoms with Crippen LogP contribution in [-0.2, 0) is 14.8 Å². The van der Waals surface area contributed by atoms with Gasteiger partial charge in [0, 0.05) is 11.2 Å². The Labute approximate surface area is 133 Å². The number of sulfonamides is 1. The average molecular weight is 340 g/mol. The van der Waals surface area contributed by atoms with Crippen molar-refractivity contribution in [3.05, 3.63) is 53.7 Å². The van der Waals surface area contributed by atoms with Crippen molar-refractivity contribution in [1.82, 2.24) is 4.98 Å². The zero-order chi connectivity index (χ0) is 16.2. The molecule has 0 aliphatic heterocycles. The molecule has 1 heterocycles. The van der Waals surface area contributed by atoms with E-state index in [9.17, 15) is 13.2 Å². The number of halogens is 1. The van der Waals surface area contributed by atoms with E-state index in [0.717, 1.165) is 10.6 Å². The molecule has 0 fully saturated rings. The van der Waals surface area contributed by atoms with Crippen LogP contribution in [0.25, 0.3) is 0 Å². The van der Waals surface area contributed by atoms with E-state index in [4.69, 9.17) is 11.6 Å². The monoisotopic (exact) mass is 339 g/mol. The average Bonchev–Trinajstić information content (AvgIpc) is 2.44. The Morgan fingerprint density at radius 1 is 1.27 bits per heavy atom. The van der Waals surface area contributed by atoms with Gasteiger partial charge in [-0.15, -0.1) is 0 Å². The number of amides is 1. The van der Waals surface area contributed by atoms with E-state index < -0.39 is 15.9 Å². The molecule has 0 unspecified atom stereocenters. The van der Waals surface area contributed by atoms with Crippen molar-refractivity contribution in [3.8, 4) is 0 Å². The highest BCUT2D eigenvalue weighted by molar-refractivity contribution is 7.92. The van der Waals surface area contributed by atoms with Crippen molar-refractivity contribution in [2.24, 2.45) is 0 Å². The van der Waals surface area contributed by atoms with Crippen LogP contribution in [0.5, 0.6) is 0 Å². The second-order valence-electron chi connectivity index (χ2n) is 4.51. The standard InChI is InChI=1S/C14H14ClN3O3S/c1-22(20,21)18(12-6-4-5-11(15)9-12)10-14(19)17-13-7-2-3-8-16-13/h2-9H,10H2,1H3,(H,16,17,19). The summed E-state index contributed by atoms with van der Waals surface area (Å²) in [4.78, 5) is 16.0. The molecule has 0 bridgehead atoms. The SMILES string of the molecule is CS(=O)(=O)N(CC(=O)Nc1ccccn1)c1cccc(Cl)c1. The van der Waals surface area contributed by atoms with Gasteiger partial charge < -0.3 is 5.32 Å². The third kappa shape index (κ3) is 4.44. The van der Waals surface area contributed by atoms with Gasteiger partial charge in [0.2, 0.25) is 15.9 Å². The fourth-order valence-corrected chi connectivity index (χ4v) is 2.81. The first-order valence-electron chi connectivity index (χ1n) is 6.30. The predicted molar refractivity (Wildman–Crippen MR) is 86.5 cm³/mol. The van der Waals surface area contributed by atoms with E-state index >= 15 is 0 Å². The molecule has 8 heteroatoms. The minimum Gasteiger partial charge on any atom is -0.309 e. The molecular formula is C14H14ClN3O3S. The molecule has 0 spiro atoms. The number of nitrogens with one attached hydrogen (secondary N) is 1. The van der Waals surface area contributed by atoms with Crippen molar-refractivity contribution >= 4 is 39.0 Å². The van der Waals surface area contributed by atoms with Gasteiger partial charge in [0.15, 0.2) is 0 Å². The van der Waals surface area contributed by atoms with E-state index in [0.29, 0.717) is 16.5 Å². The third-order valence-corrected chi connectivity index (χ3v) is 4.09. The Morgan fingerprint density at radius 2 is 2.05 bits per heavy atom. The largest absolute Gasteiger partial charge is 0.309 e. The van der Waals surface area contributed by atoms with E-state index in [1.54, 1.807) is 36.4 Å². The summed E-state index contributed by atoms with van der Waals surface area (Å²) in [5.74, 6) is -0.142. The zero-order valence-electron chi connectivity index (χ0n) is 11.7. The molecule has 0 aliphatic rings. The summed E-state index contributed by atoms with van der Waals surface area (Å²) >= 11 is 5.87. The van der Waals surface area contributed by atoms with Gasteiger partial charge in [-0.2, -0.15) is 0 Å². The molecule has 1 N–H and O–H groups in total. The number of aromatic nitrogens is 1. The van der Waals surface area contributed by atoms with E-state index in [1.807, 2.05) is 0 Å². The molecule has 1 aromatic carbocycles. The van der Waals surface area contributed by atoms with E-state index in [1.165, 1.54) is 12.3 Å². The van der Waals surface area contributed by atoms with Crippen LogP contribution in [0.15, 0.2) is 48.7 Å². The molecule has 0 saturated carbocycles. The Balaban J connectivity index is 2.19. The zero-order valence-corrected chi connectivity index (χ0v) is 13.3. The third-order valence-electron chi connectivity index (χ3n) is 2.72. The molecule has 0 radical (unpaired) electrons. The lowest BCUT2D eigenvalue weighted by atomic mass is 10.3. The maximum Gasteiger partial charge on any atom is 0.246 e. The topological polar surface area (TPSA) is 79.4 Å². The Hall–Kier alpha value is -2.12. The van der Waals surface area contributed by atoms with E-state index in [2.05, 4.69) is 10.3 Å². The number of nitrogens with zero attached hydrogens (tertiary/aromatic N) is 2. The molecule has 2 aromatic rings. The van der Waals surface area contributed by atoms with Crippen molar-refractivity contribution in [2.75, 3.05) is 22.4 Å². The lowest BCUT2D eigenvalue weighted by Crippen LogP contribution is -2.37. The second-order valence-corrected chi connectivity index (χ2v) is 6.86. The molecular weight excluding hydrogens is 326 g/mol. The number of rotatable bonds is 5. The smallest absolute Gasteiger partial charge is 0.246 e. The molecule has 0 saturated heterocycles. The second kappa shape index (κ2) is 6.76. The number of carbonyl (C=O) groups excluding carboxylic acids is 1.